The van der Waals surface area contributed by atoms with Gasteiger partial charge in [0.25, 0.3) is 0 Å². The summed E-state index contributed by atoms with van der Waals surface area (Å²) in [7, 11) is 0. The lowest BCUT2D eigenvalue weighted by Gasteiger charge is -2.43. The number of anilines is 1. The Hall–Kier alpha value is -2.95. The first-order valence-corrected chi connectivity index (χ1v) is 17.0. The van der Waals surface area contributed by atoms with Gasteiger partial charge in [0.2, 0.25) is 17.7 Å². The summed E-state index contributed by atoms with van der Waals surface area (Å²) in [5, 5.41) is 1.30. The van der Waals surface area contributed by atoms with Crippen molar-refractivity contribution in [3.05, 3.63) is 79.5 Å². The first-order chi connectivity index (χ1) is 20.8. The molecule has 4 fully saturated rings. The fourth-order valence-corrected chi connectivity index (χ4v) is 11.8. The summed E-state index contributed by atoms with van der Waals surface area (Å²) in [6.45, 7) is 1.42. The average molecular weight is 638 g/mol. The van der Waals surface area contributed by atoms with Crippen molar-refractivity contribution in [1.82, 2.24) is 9.47 Å². The maximum absolute atomic E-state index is 14.1. The first kappa shape index (κ1) is 27.6. The largest absolute Gasteiger partial charge is 0.341 e. The van der Waals surface area contributed by atoms with Crippen LogP contribution in [0.15, 0.2) is 58.4 Å². The van der Waals surface area contributed by atoms with Crippen LogP contribution in [0.25, 0.3) is 0 Å². The number of fused-ring (bicyclic) bond motifs is 9. The molecule has 3 amide bonds. The van der Waals surface area contributed by atoms with E-state index in [1.54, 1.807) is 52.7 Å². The van der Waals surface area contributed by atoms with Crippen molar-refractivity contribution in [1.29, 1.82) is 0 Å². The molecule has 5 aliphatic rings. The predicted octanol–water partition coefficient (Wildman–Crippen LogP) is 5.39. The van der Waals surface area contributed by atoms with E-state index in [1.165, 1.54) is 17.0 Å². The minimum Gasteiger partial charge on any atom is -0.341 e. The quantitative estimate of drug-likeness (QED) is 0.359. The zero-order valence-corrected chi connectivity index (χ0v) is 25.5. The smallest absolute Gasteiger partial charge is 0.308 e. The summed E-state index contributed by atoms with van der Waals surface area (Å²) in [4.78, 5) is 58.5. The van der Waals surface area contributed by atoms with Gasteiger partial charge in [0.1, 0.15) is 12.4 Å². The minimum atomic E-state index is -0.431. The summed E-state index contributed by atoms with van der Waals surface area (Å²) >= 11 is 8.85. The van der Waals surface area contributed by atoms with Crippen molar-refractivity contribution in [2.75, 3.05) is 18.0 Å². The molecule has 11 heteroatoms. The summed E-state index contributed by atoms with van der Waals surface area (Å²) < 4.78 is 15.7. The van der Waals surface area contributed by atoms with Crippen LogP contribution in [0.1, 0.15) is 42.0 Å². The fourth-order valence-electron chi connectivity index (χ4n) is 8.52. The number of hydrogen-bond donors (Lipinski definition) is 0. The number of nitrogens with zero attached hydrogens (tertiary/aromatic N) is 3. The first-order valence-electron chi connectivity index (χ1n) is 14.9. The van der Waals surface area contributed by atoms with Gasteiger partial charge in [-0.25, -0.2) is 4.39 Å². The van der Waals surface area contributed by atoms with Crippen LogP contribution < -0.4 is 9.77 Å². The van der Waals surface area contributed by atoms with Crippen molar-refractivity contribution in [3.63, 3.8) is 0 Å². The number of thiazole rings is 1. The molecule has 2 saturated heterocycles. The van der Waals surface area contributed by atoms with Crippen LogP contribution in [-0.2, 0) is 20.9 Å². The van der Waals surface area contributed by atoms with E-state index < -0.39 is 11.8 Å². The molecule has 222 valence electrons. The summed E-state index contributed by atoms with van der Waals surface area (Å²) in [5.74, 6) is -1.91. The number of carbonyl (C=O) groups excluding carboxylic acids is 3. The minimum absolute atomic E-state index is 0.000394. The van der Waals surface area contributed by atoms with E-state index >= 15 is 0 Å². The van der Waals surface area contributed by atoms with Crippen molar-refractivity contribution in [2.45, 2.75) is 48.4 Å². The molecule has 3 aromatic rings. The maximum atomic E-state index is 14.1. The third-order valence-electron chi connectivity index (χ3n) is 10.3. The van der Waals surface area contributed by atoms with Crippen LogP contribution in [0.5, 0.6) is 0 Å². The number of carbonyl (C=O) groups is 3. The highest BCUT2D eigenvalue weighted by atomic mass is 35.5. The zero-order chi connectivity index (χ0) is 29.6. The van der Waals surface area contributed by atoms with Crippen molar-refractivity contribution in [3.8, 4) is 0 Å². The molecule has 2 saturated carbocycles. The Morgan fingerprint density at radius 3 is 2.28 bits per heavy atom. The van der Waals surface area contributed by atoms with Gasteiger partial charge >= 0.3 is 4.87 Å². The van der Waals surface area contributed by atoms with Crippen LogP contribution in [0.2, 0.25) is 5.02 Å². The van der Waals surface area contributed by atoms with E-state index in [0.717, 1.165) is 52.5 Å². The van der Waals surface area contributed by atoms with Gasteiger partial charge in [-0.2, -0.15) is 0 Å². The number of likely N-dealkylation sites (tertiary alicyclic amines) is 1. The molecule has 0 spiro atoms. The molecule has 1 aromatic heterocycles. The van der Waals surface area contributed by atoms with Gasteiger partial charge in [0.05, 0.1) is 22.5 Å². The van der Waals surface area contributed by atoms with Crippen LogP contribution in [-0.4, -0.2) is 45.5 Å². The number of imide groups is 1. The zero-order valence-electron chi connectivity index (χ0n) is 23.2. The Labute approximate surface area is 261 Å². The molecule has 2 bridgehead atoms. The van der Waals surface area contributed by atoms with Gasteiger partial charge in [0.15, 0.2) is 0 Å². The van der Waals surface area contributed by atoms with Crippen molar-refractivity contribution in [2.24, 2.45) is 29.6 Å². The van der Waals surface area contributed by atoms with Crippen LogP contribution in [0.4, 0.5) is 10.1 Å². The Bertz CT molecular complexity index is 1700. The summed E-state index contributed by atoms with van der Waals surface area (Å²) in [6.07, 6.45) is 3.81. The molecule has 7 unspecified atom stereocenters. The van der Waals surface area contributed by atoms with Gasteiger partial charge in [-0.15, -0.1) is 11.8 Å². The molecule has 3 aliphatic heterocycles. The second kappa shape index (κ2) is 10.3. The molecule has 43 heavy (non-hydrogen) atoms. The third kappa shape index (κ3) is 4.19. The van der Waals surface area contributed by atoms with Gasteiger partial charge in [-0.05, 0) is 85.4 Å². The lowest BCUT2D eigenvalue weighted by atomic mass is 9.68. The Morgan fingerprint density at radius 1 is 0.907 bits per heavy atom. The molecule has 2 aliphatic carbocycles. The SMILES string of the molecule is O=C(Cn1c2c(sc1=O)C(c1ccc(F)cc1)C1C3CC(C1S2)C1C(=O)N(c2ccc(Cl)cc2)C(=O)C31)N1CCCCC1. The fraction of sp³-hybridized carbons (Fsp3) is 0.438. The van der Waals surface area contributed by atoms with Gasteiger partial charge in [-0.1, -0.05) is 35.1 Å². The number of amides is 3. The number of aromatic nitrogens is 1. The van der Waals surface area contributed by atoms with E-state index in [9.17, 15) is 23.6 Å². The number of piperidine rings is 1. The predicted molar refractivity (Wildman–Crippen MR) is 163 cm³/mol. The topological polar surface area (TPSA) is 79.7 Å². The second-order valence-corrected chi connectivity index (χ2v) is 15.0. The second-order valence-electron chi connectivity index (χ2n) is 12.4. The van der Waals surface area contributed by atoms with E-state index in [-0.39, 0.29) is 63.9 Å². The maximum Gasteiger partial charge on any atom is 0.308 e. The summed E-state index contributed by atoms with van der Waals surface area (Å²) in [6, 6.07) is 13.2. The number of hydrogen-bond acceptors (Lipinski definition) is 6. The Morgan fingerprint density at radius 2 is 1.58 bits per heavy atom. The molecule has 0 N–H and O–H groups in total. The van der Waals surface area contributed by atoms with E-state index in [1.807, 2.05) is 4.90 Å². The highest BCUT2D eigenvalue weighted by molar-refractivity contribution is 8.00. The highest BCUT2D eigenvalue weighted by Gasteiger charge is 2.69. The number of rotatable bonds is 4. The standard InChI is InChI=1S/C32H29ClFN3O4S2/c33-17-6-10-19(11-7-17)37-29(39)25-20-14-21(26(25)30(37)40)27-24(20)23(16-4-8-18(34)9-5-16)28-31(42-27)36(32(41)43-28)15-22(38)35-12-2-1-3-13-35/h4-11,20-21,23-27H,1-3,12-15H2. The lowest BCUT2D eigenvalue weighted by Crippen LogP contribution is -2.43. The molecular weight excluding hydrogens is 609 g/mol. The highest BCUT2D eigenvalue weighted by Crippen LogP contribution is 2.69. The molecule has 4 heterocycles. The molecule has 2 aromatic carbocycles. The molecule has 7 atom stereocenters. The van der Waals surface area contributed by atoms with Crippen molar-refractivity contribution >= 4 is 58.1 Å². The molecule has 8 rings (SSSR count). The lowest BCUT2D eigenvalue weighted by molar-refractivity contribution is -0.133. The number of halogens is 2. The van der Waals surface area contributed by atoms with Crippen LogP contribution in [0.3, 0.4) is 0 Å². The molecule has 7 nitrogen and oxygen atoms in total. The van der Waals surface area contributed by atoms with Gasteiger partial charge in [-0.3, -0.25) is 28.6 Å². The molecular formula is C32H29ClFN3O4S2. The van der Waals surface area contributed by atoms with Crippen LogP contribution >= 0.6 is 34.7 Å². The summed E-state index contributed by atoms with van der Waals surface area (Å²) in [5.41, 5.74) is 1.42. The van der Waals surface area contributed by atoms with Crippen LogP contribution in [0, 0.1) is 35.4 Å². The van der Waals surface area contributed by atoms with E-state index in [2.05, 4.69) is 0 Å². The van der Waals surface area contributed by atoms with Gasteiger partial charge < -0.3 is 4.90 Å². The number of benzene rings is 2. The van der Waals surface area contributed by atoms with Gasteiger partial charge in [0, 0.05) is 34.2 Å². The monoisotopic (exact) mass is 637 g/mol. The van der Waals surface area contributed by atoms with Crippen molar-refractivity contribution < 1.29 is 18.8 Å². The third-order valence-corrected chi connectivity index (χ3v) is 13.3. The average Bonchev–Trinajstić information content (AvgIpc) is 3.73. The Kier molecular flexibility index (Phi) is 6.62. The van der Waals surface area contributed by atoms with E-state index in [0.29, 0.717) is 23.8 Å². The van der Waals surface area contributed by atoms with E-state index in [4.69, 9.17) is 11.6 Å². The molecule has 0 radical (unpaired) electrons. The number of thioether (sulfide) groups is 1. The Balaban J connectivity index is 1.19. The normalized spacial score (nSPS) is 30.9.